The number of furan rings is 1. The summed E-state index contributed by atoms with van der Waals surface area (Å²) in [5.41, 5.74) is 2.28. The summed E-state index contributed by atoms with van der Waals surface area (Å²) < 4.78 is 5.25. The molecule has 8 heteroatoms. The molecule has 2 aliphatic heterocycles. The second-order valence-corrected chi connectivity index (χ2v) is 8.11. The number of rotatable bonds is 6. The van der Waals surface area contributed by atoms with E-state index in [9.17, 15) is 9.59 Å². The molecule has 2 aromatic rings. The molecule has 3 heterocycles. The first-order chi connectivity index (χ1) is 15.7. The van der Waals surface area contributed by atoms with Gasteiger partial charge in [0.05, 0.1) is 12.8 Å². The predicted octanol–water partition coefficient (Wildman–Crippen LogP) is 2.33. The third kappa shape index (κ3) is 5.12. The molecular weight excluding hydrogens is 406 g/mol. The molecule has 0 unspecified atom stereocenters. The Morgan fingerprint density at radius 2 is 1.78 bits per heavy atom. The minimum absolute atomic E-state index is 0.0676. The SMILES string of the molecule is CCNC(=NCc1ccccc1CN1CCCC1=O)N1CCN(C(=O)c2ccco2)CC1. The van der Waals surface area contributed by atoms with Crippen LogP contribution in [0.1, 0.15) is 41.4 Å². The highest BCUT2D eigenvalue weighted by molar-refractivity contribution is 5.91. The van der Waals surface area contributed by atoms with Crippen LogP contribution in [0.4, 0.5) is 0 Å². The molecule has 4 rings (SSSR count). The monoisotopic (exact) mass is 437 g/mol. The van der Waals surface area contributed by atoms with Gasteiger partial charge in [0.15, 0.2) is 11.7 Å². The van der Waals surface area contributed by atoms with Gasteiger partial charge >= 0.3 is 0 Å². The number of likely N-dealkylation sites (tertiary alicyclic amines) is 1. The third-order valence-electron chi connectivity index (χ3n) is 5.98. The van der Waals surface area contributed by atoms with Crippen LogP contribution >= 0.6 is 0 Å². The van der Waals surface area contributed by atoms with E-state index in [2.05, 4.69) is 29.3 Å². The zero-order chi connectivity index (χ0) is 22.3. The van der Waals surface area contributed by atoms with Gasteiger partial charge in [-0.3, -0.25) is 9.59 Å². The van der Waals surface area contributed by atoms with Crippen LogP contribution in [0.3, 0.4) is 0 Å². The maximum atomic E-state index is 12.5. The predicted molar refractivity (Wildman–Crippen MR) is 122 cm³/mol. The maximum absolute atomic E-state index is 12.5. The maximum Gasteiger partial charge on any atom is 0.289 e. The number of piperazine rings is 1. The van der Waals surface area contributed by atoms with Crippen molar-refractivity contribution >= 4 is 17.8 Å². The van der Waals surface area contributed by atoms with E-state index >= 15 is 0 Å². The van der Waals surface area contributed by atoms with Crippen LogP contribution in [-0.4, -0.2) is 71.7 Å². The van der Waals surface area contributed by atoms with Crippen LogP contribution in [0, 0.1) is 0 Å². The van der Waals surface area contributed by atoms with Crippen LogP contribution in [0.25, 0.3) is 0 Å². The number of carbonyl (C=O) groups is 2. The normalized spacial score (nSPS) is 17.2. The van der Waals surface area contributed by atoms with Gasteiger partial charge in [0.25, 0.3) is 5.91 Å². The van der Waals surface area contributed by atoms with Crippen molar-refractivity contribution < 1.29 is 14.0 Å². The summed E-state index contributed by atoms with van der Waals surface area (Å²) in [6.45, 7) is 7.52. The van der Waals surface area contributed by atoms with E-state index in [0.717, 1.165) is 36.6 Å². The van der Waals surface area contributed by atoms with Crippen LogP contribution in [0.2, 0.25) is 0 Å². The Hall–Kier alpha value is -3.29. The fourth-order valence-electron chi connectivity index (χ4n) is 4.21. The molecule has 0 aliphatic carbocycles. The van der Waals surface area contributed by atoms with Crippen LogP contribution < -0.4 is 5.32 Å². The van der Waals surface area contributed by atoms with Gasteiger partial charge in [0.1, 0.15) is 0 Å². The Kier molecular flexibility index (Phi) is 7.09. The lowest BCUT2D eigenvalue weighted by molar-refractivity contribution is -0.128. The lowest BCUT2D eigenvalue weighted by Gasteiger charge is -2.36. The topological polar surface area (TPSA) is 81.4 Å². The largest absolute Gasteiger partial charge is 0.459 e. The first-order valence-electron chi connectivity index (χ1n) is 11.4. The lowest BCUT2D eigenvalue weighted by Crippen LogP contribution is -2.53. The van der Waals surface area contributed by atoms with Gasteiger partial charge in [-0.2, -0.15) is 0 Å². The van der Waals surface area contributed by atoms with Gasteiger partial charge in [0.2, 0.25) is 5.91 Å². The number of guanidine groups is 1. The first kappa shape index (κ1) is 21.9. The molecule has 0 bridgehead atoms. The molecule has 0 spiro atoms. The molecule has 0 radical (unpaired) electrons. The number of hydrogen-bond acceptors (Lipinski definition) is 4. The minimum Gasteiger partial charge on any atom is -0.459 e. The molecule has 8 nitrogen and oxygen atoms in total. The molecule has 0 saturated carbocycles. The number of nitrogens with zero attached hydrogens (tertiary/aromatic N) is 4. The summed E-state index contributed by atoms with van der Waals surface area (Å²) in [6.07, 6.45) is 3.12. The standard InChI is InChI=1S/C24H31N5O3/c1-2-25-24(28-14-12-27(13-15-28)23(31)21-9-6-16-32-21)26-17-19-7-3-4-8-20(19)18-29-11-5-10-22(29)30/h3-4,6-9,16H,2,5,10-15,17-18H2,1H3,(H,25,26). The number of carbonyl (C=O) groups excluding carboxylic acids is 2. The van der Waals surface area contributed by atoms with Crippen molar-refractivity contribution in [3.8, 4) is 0 Å². The third-order valence-corrected chi connectivity index (χ3v) is 5.98. The molecule has 2 saturated heterocycles. The van der Waals surface area contributed by atoms with Crippen LogP contribution in [0.15, 0.2) is 52.1 Å². The molecule has 0 atom stereocenters. The second kappa shape index (κ2) is 10.3. The quantitative estimate of drug-likeness (QED) is 0.554. The fourth-order valence-corrected chi connectivity index (χ4v) is 4.21. The summed E-state index contributed by atoms with van der Waals surface area (Å²) in [7, 11) is 0. The van der Waals surface area contributed by atoms with Gasteiger partial charge in [-0.15, -0.1) is 0 Å². The average Bonchev–Trinajstić information content (AvgIpc) is 3.50. The molecule has 1 aromatic carbocycles. The Morgan fingerprint density at radius 1 is 1.03 bits per heavy atom. The fraction of sp³-hybridized carbons (Fsp3) is 0.458. The molecule has 1 N–H and O–H groups in total. The first-order valence-corrected chi connectivity index (χ1v) is 11.4. The van der Waals surface area contributed by atoms with Crippen molar-refractivity contribution in [1.29, 1.82) is 0 Å². The van der Waals surface area contributed by atoms with Crippen molar-refractivity contribution in [2.45, 2.75) is 32.9 Å². The van der Waals surface area contributed by atoms with Gasteiger partial charge in [0, 0.05) is 52.2 Å². The Labute approximate surface area is 188 Å². The summed E-state index contributed by atoms with van der Waals surface area (Å²) in [5.74, 6) is 1.40. The molecular formula is C24H31N5O3. The minimum atomic E-state index is -0.0676. The van der Waals surface area contributed by atoms with Crippen molar-refractivity contribution in [3.63, 3.8) is 0 Å². The van der Waals surface area contributed by atoms with Gasteiger partial charge in [-0.05, 0) is 36.6 Å². The van der Waals surface area contributed by atoms with Crippen molar-refractivity contribution in [2.75, 3.05) is 39.3 Å². The summed E-state index contributed by atoms with van der Waals surface area (Å²) in [4.78, 5) is 35.4. The summed E-state index contributed by atoms with van der Waals surface area (Å²) in [6, 6.07) is 11.6. The molecule has 32 heavy (non-hydrogen) atoms. The van der Waals surface area contributed by atoms with E-state index in [4.69, 9.17) is 9.41 Å². The zero-order valence-corrected chi connectivity index (χ0v) is 18.6. The smallest absolute Gasteiger partial charge is 0.289 e. The van der Waals surface area contributed by atoms with E-state index in [1.54, 1.807) is 12.1 Å². The van der Waals surface area contributed by atoms with Gasteiger partial charge < -0.3 is 24.4 Å². The number of aliphatic imine (C=N–C) groups is 1. The van der Waals surface area contributed by atoms with Gasteiger partial charge in [-0.25, -0.2) is 4.99 Å². The van der Waals surface area contributed by atoms with Crippen LogP contribution in [0.5, 0.6) is 0 Å². The van der Waals surface area contributed by atoms with Crippen LogP contribution in [-0.2, 0) is 17.9 Å². The van der Waals surface area contributed by atoms with E-state index in [0.29, 0.717) is 51.4 Å². The molecule has 1 aromatic heterocycles. The van der Waals surface area contributed by atoms with Crippen molar-refractivity contribution in [1.82, 2.24) is 20.0 Å². The Balaban J connectivity index is 1.40. The molecule has 2 fully saturated rings. The molecule has 2 aliphatic rings. The molecule has 170 valence electrons. The number of hydrogen-bond donors (Lipinski definition) is 1. The highest BCUT2D eigenvalue weighted by atomic mass is 16.3. The van der Waals surface area contributed by atoms with E-state index < -0.39 is 0 Å². The second-order valence-electron chi connectivity index (χ2n) is 8.11. The van der Waals surface area contributed by atoms with Crippen molar-refractivity contribution in [3.05, 3.63) is 59.5 Å². The van der Waals surface area contributed by atoms with Crippen molar-refractivity contribution in [2.24, 2.45) is 4.99 Å². The van der Waals surface area contributed by atoms with E-state index in [1.807, 2.05) is 21.9 Å². The number of benzene rings is 1. The highest BCUT2D eigenvalue weighted by Crippen LogP contribution is 2.18. The zero-order valence-electron chi connectivity index (χ0n) is 18.6. The average molecular weight is 438 g/mol. The lowest BCUT2D eigenvalue weighted by atomic mass is 10.1. The van der Waals surface area contributed by atoms with E-state index in [1.165, 1.54) is 6.26 Å². The summed E-state index contributed by atoms with van der Waals surface area (Å²) in [5, 5.41) is 3.38. The Morgan fingerprint density at radius 3 is 2.44 bits per heavy atom. The molecule has 2 amide bonds. The number of nitrogens with one attached hydrogen (secondary N) is 1. The highest BCUT2D eigenvalue weighted by Gasteiger charge is 2.25. The number of amides is 2. The summed E-state index contributed by atoms with van der Waals surface area (Å²) >= 11 is 0. The van der Waals surface area contributed by atoms with Gasteiger partial charge in [-0.1, -0.05) is 24.3 Å². The Bertz CT molecular complexity index is 948. The van der Waals surface area contributed by atoms with E-state index in [-0.39, 0.29) is 11.8 Å².